The number of esters is 1. The summed E-state index contributed by atoms with van der Waals surface area (Å²) in [5.41, 5.74) is -0.696. The Bertz CT molecular complexity index is 809. The monoisotopic (exact) mass is 373 g/mol. The van der Waals surface area contributed by atoms with Crippen molar-refractivity contribution < 1.29 is 28.7 Å². The number of rotatable bonds is 5. The Morgan fingerprint density at radius 3 is 2.52 bits per heavy atom. The third-order valence-corrected chi connectivity index (χ3v) is 4.64. The summed E-state index contributed by atoms with van der Waals surface area (Å²) in [7, 11) is 0. The van der Waals surface area contributed by atoms with E-state index in [0.29, 0.717) is 24.9 Å². The van der Waals surface area contributed by atoms with Gasteiger partial charge >= 0.3 is 12.0 Å². The zero-order chi connectivity index (χ0) is 19.6. The third-order valence-electron chi connectivity index (χ3n) is 4.64. The summed E-state index contributed by atoms with van der Waals surface area (Å²) < 4.78 is 4.84. The van der Waals surface area contributed by atoms with Crippen LogP contribution in [0.15, 0.2) is 30.3 Å². The second-order valence-electron chi connectivity index (χ2n) is 6.52. The minimum atomic E-state index is -1.28. The molecule has 2 aliphatic heterocycles. The first kappa shape index (κ1) is 18.6. The molecule has 1 aromatic rings. The molecule has 0 unspecified atom stereocenters. The van der Waals surface area contributed by atoms with E-state index in [4.69, 9.17) is 4.74 Å². The molecule has 0 saturated carbocycles. The number of imide groups is 2. The van der Waals surface area contributed by atoms with Gasteiger partial charge in [-0.3, -0.25) is 29.0 Å². The standard InChI is InChI=1S/C18H19N3O6/c1-18(12-6-3-2-4-7-12)16(25)21(17(26)19-18)10-15(24)27-11-14(23)20-9-5-8-13(20)22/h2-4,6-7H,5,8-11H2,1H3,(H,19,26)/t18-/m0/s1. The highest BCUT2D eigenvalue weighted by Gasteiger charge is 2.49. The fourth-order valence-corrected chi connectivity index (χ4v) is 3.11. The molecule has 2 fully saturated rings. The molecular weight excluding hydrogens is 354 g/mol. The van der Waals surface area contributed by atoms with Crippen molar-refractivity contribution >= 4 is 29.7 Å². The molecule has 0 bridgehead atoms. The Morgan fingerprint density at radius 2 is 1.89 bits per heavy atom. The van der Waals surface area contributed by atoms with Gasteiger partial charge < -0.3 is 10.1 Å². The first-order valence-electron chi connectivity index (χ1n) is 8.51. The van der Waals surface area contributed by atoms with Crippen LogP contribution in [-0.2, 0) is 29.5 Å². The topological polar surface area (TPSA) is 113 Å². The number of urea groups is 1. The molecule has 2 aliphatic rings. The zero-order valence-electron chi connectivity index (χ0n) is 14.8. The maximum atomic E-state index is 12.7. The van der Waals surface area contributed by atoms with Crippen LogP contribution in [0.2, 0.25) is 0 Å². The van der Waals surface area contributed by atoms with E-state index in [0.717, 1.165) is 9.80 Å². The molecule has 9 heteroatoms. The van der Waals surface area contributed by atoms with Gasteiger partial charge in [0.2, 0.25) is 5.91 Å². The van der Waals surface area contributed by atoms with Crippen LogP contribution in [0.1, 0.15) is 25.3 Å². The van der Waals surface area contributed by atoms with Crippen LogP contribution in [0.25, 0.3) is 0 Å². The lowest BCUT2D eigenvalue weighted by atomic mass is 9.92. The highest BCUT2D eigenvalue weighted by Crippen LogP contribution is 2.28. The summed E-state index contributed by atoms with van der Waals surface area (Å²) >= 11 is 0. The molecule has 3 rings (SSSR count). The lowest BCUT2D eigenvalue weighted by Gasteiger charge is -2.22. The molecule has 1 atom stereocenters. The Hall–Kier alpha value is -3.23. The van der Waals surface area contributed by atoms with E-state index in [1.54, 1.807) is 37.3 Å². The van der Waals surface area contributed by atoms with Gasteiger partial charge in [-0.25, -0.2) is 4.79 Å². The van der Waals surface area contributed by atoms with Crippen LogP contribution < -0.4 is 5.32 Å². The van der Waals surface area contributed by atoms with Crippen LogP contribution >= 0.6 is 0 Å². The summed E-state index contributed by atoms with van der Waals surface area (Å²) in [6.45, 7) is 0.632. The van der Waals surface area contributed by atoms with Crippen molar-refractivity contribution in [2.45, 2.75) is 25.3 Å². The summed E-state index contributed by atoms with van der Waals surface area (Å²) in [6.07, 6.45) is 0.874. The van der Waals surface area contributed by atoms with Gasteiger partial charge in [-0.15, -0.1) is 0 Å². The summed E-state index contributed by atoms with van der Waals surface area (Å²) in [5.74, 6) is -2.41. The number of hydrogen-bond acceptors (Lipinski definition) is 6. The number of likely N-dealkylation sites (tertiary alicyclic amines) is 1. The van der Waals surface area contributed by atoms with Crippen LogP contribution in [0.5, 0.6) is 0 Å². The number of carbonyl (C=O) groups is 5. The number of hydrogen-bond donors (Lipinski definition) is 1. The van der Waals surface area contributed by atoms with E-state index < -0.39 is 42.5 Å². The highest BCUT2D eigenvalue weighted by molar-refractivity contribution is 6.09. The first-order chi connectivity index (χ1) is 12.8. The highest BCUT2D eigenvalue weighted by atomic mass is 16.5. The molecule has 0 radical (unpaired) electrons. The van der Waals surface area contributed by atoms with Gasteiger partial charge in [-0.2, -0.15) is 0 Å². The molecule has 2 heterocycles. The van der Waals surface area contributed by atoms with Crippen molar-refractivity contribution in [3.05, 3.63) is 35.9 Å². The maximum absolute atomic E-state index is 12.7. The van der Waals surface area contributed by atoms with Crippen molar-refractivity contribution in [2.75, 3.05) is 19.7 Å². The summed E-state index contributed by atoms with van der Waals surface area (Å²) in [5, 5.41) is 2.58. The molecule has 1 N–H and O–H groups in total. The molecule has 142 valence electrons. The van der Waals surface area contributed by atoms with Gasteiger partial charge in [0.05, 0.1) is 0 Å². The molecule has 9 nitrogen and oxygen atoms in total. The normalized spacial score (nSPS) is 22.2. The summed E-state index contributed by atoms with van der Waals surface area (Å²) in [6, 6.07) is 7.94. The molecule has 2 saturated heterocycles. The third kappa shape index (κ3) is 3.53. The minimum Gasteiger partial charge on any atom is -0.454 e. The molecule has 0 spiro atoms. The van der Waals surface area contributed by atoms with Crippen LogP contribution in [0.4, 0.5) is 4.79 Å². The molecule has 1 aromatic carbocycles. The Kier molecular flexibility index (Phi) is 4.93. The molecule has 0 aromatic heterocycles. The second-order valence-corrected chi connectivity index (χ2v) is 6.52. The van der Waals surface area contributed by atoms with Crippen molar-refractivity contribution in [2.24, 2.45) is 0 Å². The number of benzene rings is 1. The largest absolute Gasteiger partial charge is 0.454 e. The van der Waals surface area contributed by atoms with Gasteiger partial charge in [0.15, 0.2) is 6.61 Å². The molecule has 27 heavy (non-hydrogen) atoms. The average molecular weight is 373 g/mol. The fraction of sp³-hybridized carbons (Fsp3) is 0.389. The summed E-state index contributed by atoms with van der Waals surface area (Å²) in [4.78, 5) is 62.0. The fourth-order valence-electron chi connectivity index (χ4n) is 3.11. The molecular formula is C18H19N3O6. The SMILES string of the molecule is C[C@@]1(c2ccccc2)NC(=O)N(CC(=O)OCC(=O)N2CCCC2=O)C1=O. The minimum absolute atomic E-state index is 0.292. The lowest BCUT2D eigenvalue weighted by molar-refractivity contribution is -0.155. The zero-order valence-corrected chi connectivity index (χ0v) is 14.8. The predicted molar refractivity (Wildman–Crippen MR) is 91.0 cm³/mol. The molecule has 0 aliphatic carbocycles. The van der Waals surface area contributed by atoms with Crippen molar-refractivity contribution in [3.8, 4) is 0 Å². The van der Waals surface area contributed by atoms with E-state index in [-0.39, 0.29) is 5.91 Å². The van der Waals surface area contributed by atoms with E-state index in [1.807, 2.05) is 0 Å². The Morgan fingerprint density at radius 1 is 1.19 bits per heavy atom. The number of amides is 5. The quantitative estimate of drug-likeness (QED) is 0.580. The number of ether oxygens (including phenoxy) is 1. The van der Waals surface area contributed by atoms with Gasteiger partial charge in [-0.1, -0.05) is 30.3 Å². The van der Waals surface area contributed by atoms with Gasteiger partial charge in [-0.05, 0) is 18.9 Å². The Balaban J connectivity index is 1.59. The van der Waals surface area contributed by atoms with Crippen LogP contribution in [0.3, 0.4) is 0 Å². The van der Waals surface area contributed by atoms with Crippen molar-refractivity contribution in [3.63, 3.8) is 0 Å². The first-order valence-corrected chi connectivity index (χ1v) is 8.51. The Labute approximate surface area is 155 Å². The number of nitrogens with zero attached hydrogens (tertiary/aromatic N) is 2. The van der Waals surface area contributed by atoms with Crippen LogP contribution in [-0.4, -0.2) is 59.2 Å². The second kappa shape index (κ2) is 7.18. The lowest BCUT2D eigenvalue weighted by Crippen LogP contribution is -2.42. The van der Waals surface area contributed by atoms with E-state index in [9.17, 15) is 24.0 Å². The van der Waals surface area contributed by atoms with E-state index in [1.165, 1.54) is 0 Å². The van der Waals surface area contributed by atoms with Gasteiger partial charge in [0.25, 0.3) is 11.8 Å². The number of carbonyl (C=O) groups excluding carboxylic acids is 5. The average Bonchev–Trinajstić information content (AvgIpc) is 3.18. The predicted octanol–water partition coefficient (Wildman–Crippen LogP) is 0.146. The smallest absolute Gasteiger partial charge is 0.326 e. The molecule has 5 amide bonds. The number of nitrogens with one attached hydrogen (secondary N) is 1. The van der Waals surface area contributed by atoms with Crippen molar-refractivity contribution in [1.82, 2.24) is 15.1 Å². The maximum Gasteiger partial charge on any atom is 0.326 e. The van der Waals surface area contributed by atoms with E-state index >= 15 is 0 Å². The van der Waals surface area contributed by atoms with E-state index in [2.05, 4.69) is 5.32 Å². The van der Waals surface area contributed by atoms with Crippen LogP contribution in [0, 0.1) is 0 Å². The van der Waals surface area contributed by atoms with Gasteiger partial charge in [0.1, 0.15) is 12.1 Å². The van der Waals surface area contributed by atoms with Gasteiger partial charge in [0, 0.05) is 13.0 Å². The van der Waals surface area contributed by atoms with Crippen molar-refractivity contribution in [1.29, 1.82) is 0 Å².